The summed E-state index contributed by atoms with van der Waals surface area (Å²) in [7, 11) is 0. The number of hydrogen-bond acceptors (Lipinski definition) is 5. The monoisotopic (exact) mass is 326 g/mol. The number of amides is 1. The Morgan fingerprint density at radius 3 is 2.86 bits per heavy atom. The molecule has 0 bridgehead atoms. The second kappa shape index (κ2) is 5.04. The highest BCUT2D eigenvalue weighted by Gasteiger charge is 2.14. The number of nitrogens with two attached hydrogens (primary N) is 1. The van der Waals surface area contributed by atoms with E-state index in [-0.39, 0.29) is 0 Å². The topological polar surface area (TPSA) is 84.7 Å². The number of primary amides is 1. The van der Waals surface area contributed by atoms with Gasteiger partial charge in [0.15, 0.2) is 0 Å². The van der Waals surface area contributed by atoms with Gasteiger partial charge in [-0.2, -0.15) is 5.10 Å². The summed E-state index contributed by atoms with van der Waals surface area (Å²) in [4.78, 5) is 16.7. The number of carbonyl (C=O) groups is 1. The molecule has 3 N–H and O–H groups in total. The first kappa shape index (κ1) is 13.2. The molecule has 0 aliphatic heterocycles. The minimum atomic E-state index is -0.420. The number of carbonyl (C=O) groups excluding carboxylic acids is 1. The summed E-state index contributed by atoms with van der Waals surface area (Å²) in [6.07, 6.45) is 0. The number of nitrogens with zero attached hydrogens (tertiary/aromatic N) is 2. The number of fused-ring (bicyclic) bond motifs is 1. The van der Waals surface area contributed by atoms with Crippen molar-refractivity contribution >= 4 is 39.5 Å². The highest BCUT2D eigenvalue weighted by Crippen LogP contribution is 2.34. The Morgan fingerprint density at radius 1 is 1.18 bits per heavy atom. The number of thiophene rings is 1. The van der Waals surface area contributed by atoms with Crippen LogP contribution in [0.1, 0.15) is 10.4 Å². The van der Waals surface area contributed by atoms with Gasteiger partial charge in [0.2, 0.25) is 5.91 Å². The summed E-state index contributed by atoms with van der Waals surface area (Å²) < 4.78 is 0. The summed E-state index contributed by atoms with van der Waals surface area (Å²) in [6.45, 7) is 0. The van der Waals surface area contributed by atoms with Crippen LogP contribution in [0.2, 0.25) is 0 Å². The van der Waals surface area contributed by atoms with E-state index in [9.17, 15) is 4.79 Å². The number of H-pyrrole nitrogens is 1. The van der Waals surface area contributed by atoms with Crippen LogP contribution in [0.15, 0.2) is 41.1 Å². The van der Waals surface area contributed by atoms with Crippen molar-refractivity contribution in [1.29, 1.82) is 0 Å². The van der Waals surface area contributed by atoms with Crippen LogP contribution in [0.5, 0.6) is 0 Å². The third kappa shape index (κ3) is 2.11. The molecule has 3 heterocycles. The Balaban J connectivity index is 1.76. The van der Waals surface area contributed by atoms with Crippen molar-refractivity contribution in [2.24, 2.45) is 5.73 Å². The van der Waals surface area contributed by atoms with Gasteiger partial charge in [-0.15, -0.1) is 22.7 Å². The molecule has 4 aromatic rings. The van der Waals surface area contributed by atoms with Crippen LogP contribution in [0.3, 0.4) is 0 Å². The SMILES string of the molecule is NC(=O)c1csc(-c2csc(-c3n[nH]c4ccccc34)n2)c1. The zero-order chi connectivity index (χ0) is 15.1. The zero-order valence-electron chi connectivity index (χ0n) is 11.2. The maximum Gasteiger partial charge on any atom is 0.249 e. The standard InChI is InChI=1S/C15H10N4OS2/c16-14(20)8-5-12(21-6-8)11-7-22-15(17-11)13-9-3-1-2-4-10(9)18-19-13/h1-7H,(H2,16,20)(H,18,19). The molecular formula is C15H10N4OS2. The van der Waals surface area contributed by atoms with Crippen molar-refractivity contribution in [3.8, 4) is 21.3 Å². The summed E-state index contributed by atoms with van der Waals surface area (Å²) in [5.74, 6) is -0.420. The average molecular weight is 326 g/mol. The molecule has 1 amide bonds. The second-order valence-corrected chi connectivity index (χ2v) is 6.49. The van der Waals surface area contributed by atoms with Crippen LogP contribution >= 0.6 is 22.7 Å². The Hall–Kier alpha value is -2.51. The Morgan fingerprint density at radius 2 is 2.05 bits per heavy atom. The molecule has 108 valence electrons. The van der Waals surface area contributed by atoms with E-state index in [0.29, 0.717) is 5.56 Å². The van der Waals surface area contributed by atoms with Crippen molar-refractivity contribution < 1.29 is 4.79 Å². The first-order chi connectivity index (χ1) is 10.7. The normalized spacial score (nSPS) is 11.1. The van der Waals surface area contributed by atoms with Crippen molar-refractivity contribution in [2.45, 2.75) is 0 Å². The molecule has 0 atom stereocenters. The molecule has 0 saturated carbocycles. The van der Waals surface area contributed by atoms with E-state index < -0.39 is 5.91 Å². The van der Waals surface area contributed by atoms with Gasteiger partial charge < -0.3 is 5.73 Å². The van der Waals surface area contributed by atoms with E-state index in [1.807, 2.05) is 29.6 Å². The highest BCUT2D eigenvalue weighted by atomic mass is 32.1. The molecule has 22 heavy (non-hydrogen) atoms. The Bertz CT molecular complexity index is 982. The lowest BCUT2D eigenvalue weighted by molar-refractivity contribution is 0.100. The molecule has 0 spiro atoms. The molecule has 0 unspecified atom stereocenters. The van der Waals surface area contributed by atoms with Crippen molar-refractivity contribution in [3.63, 3.8) is 0 Å². The predicted molar refractivity (Wildman–Crippen MR) is 89.0 cm³/mol. The van der Waals surface area contributed by atoms with Crippen molar-refractivity contribution in [1.82, 2.24) is 15.2 Å². The summed E-state index contributed by atoms with van der Waals surface area (Å²) in [5, 5.41) is 13.0. The van der Waals surface area contributed by atoms with E-state index in [2.05, 4.69) is 15.2 Å². The van der Waals surface area contributed by atoms with E-state index in [0.717, 1.165) is 32.2 Å². The molecule has 7 heteroatoms. The van der Waals surface area contributed by atoms with Crippen LogP contribution in [0, 0.1) is 0 Å². The number of rotatable bonds is 3. The fraction of sp³-hybridized carbons (Fsp3) is 0. The van der Waals surface area contributed by atoms with Crippen LogP contribution in [0.25, 0.3) is 32.2 Å². The average Bonchev–Trinajstić information content (AvgIpc) is 3.25. The van der Waals surface area contributed by atoms with Gasteiger partial charge in [0.05, 0.1) is 21.7 Å². The number of para-hydroxylation sites is 1. The quantitative estimate of drug-likeness (QED) is 0.604. The van der Waals surface area contributed by atoms with Crippen LogP contribution < -0.4 is 5.73 Å². The summed E-state index contributed by atoms with van der Waals surface area (Å²) >= 11 is 2.99. The third-order valence-electron chi connectivity index (χ3n) is 3.31. The van der Waals surface area contributed by atoms with Gasteiger partial charge in [-0.1, -0.05) is 18.2 Å². The Labute approximate surface area is 133 Å². The summed E-state index contributed by atoms with van der Waals surface area (Å²) in [5.41, 5.74) is 8.47. The first-order valence-electron chi connectivity index (χ1n) is 6.50. The molecule has 0 radical (unpaired) electrons. The van der Waals surface area contributed by atoms with E-state index in [4.69, 9.17) is 5.73 Å². The van der Waals surface area contributed by atoms with Gasteiger partial charge in [-0.25, -0.2) is 4.98 Å². The van der Waals surface area contributed by atoms with E-state index in [1.165, 1.54) is 22.7 Å². The molecule has 0 aliphatic rings. The molecule has 0 fully saturated rings. The highest BCUT2D eigenvalue weighted by molar-refractivity contribution is 7.15. The summed E-state index contributed by atoms with van der Waals surface area (Å²) in [6, 6.07) is 9.72. The van der Waals surface area contributed by atoms with Crippen molar-refractivity contribution in [2.75, 3.05) is 0 Å². The van der Waals surface area contributed by atoms with Gasteiger partial charge in [0.25, 0.3) is 0 Å². The second-order valence-electron chi connectivity index (χ2n) is 4.72. The van der Waals surface area contributed by atoms with Crippen LogP contribution in [-0.2, 0) is 0 Å². The van der Waals surface area contributed by atoms with Gasteiger partial charge in [0, 0.05) is 16.1 Å². The number of aromatic amines is 1. The molecule has 3 aromatic heterocycles. The third-order valence-corrected chi connectivity index (χ3v) is 5.12. The number of thiazole rings is 1. The minimum Gasteiger partial charge on any atom is -0.366 e. The number of hydrogen-bond donors (Lipinski definition) is 2. The largest absolute Gasteiger partial charge is 0.366 e. The molecule has 4 rings (SSSR count). The molecule has 1 aromatic carbocycles. The molecule has 5 nitrogen and oxygen atoms in total. The molecule has 0 saturated heterocycles. The first-order valence-corrected chi connectivity index (χ1v) is 8.26. The zero-order valence-corrected chi connectivity index (χ0v) is 12.9. The number of nitrogens with one attached hydrogen (secondary N) is 1. The van der Waals surface area contributed by atoms with Gasteiger partial charge in [0.1, 0.15) is 10.7 Å². The minimum absolute atomic E-state index is 0.420. The lowest BCUT2D eigenvalue weighted by Crippen LogP contribution is -2.08. The number of benzene rings is 1. The molecular weight excluding hydrogens is 316 g/mol. The molecule has 0 aliphatic carbocycles. The maximum absolute atomic E-state index is 11.2. The number of aromatic nitrogens is 3. The predicted octanol–water partition coefficient (Wildman–Crippen LogP) is 3.51. The van der Waals surface area contributed by atoms with Gasteiger partial charge in [-0.05, 0) is 12.1 Å². The fourth-order valence-corrected chi connectivity index (χ4v) is 3.98. The fourth-order valence-electron chi connectivity index (χ4n) is 2.22. The van der Waals surface area contributed by atoms with Crippen LogP contribution in [-0.4, -0.2) is 21.1 Å². The van der Waals surface area contributed by atoms with Gasteiger partial charge in [-0.3, -0.25) is 9.89 Å². The lowest BCUT2D eigenvalue weighted by atomic mass is 10.2. The smallest absolute Gasteiger partial charge is 0.249 e. The van der Waals surface area contributed by atoms with E-state index in [1.54, 1.807) is 11.4 Å². The Kier molecular flexibility index (Phi) is 3.02. The van der Waals surface area contributed by atoms with Crippen molar-refractivity contribution in [3.05, 3.63) is 46.7 Å². The lowest BCUT2D eigenvalue weighted by Gasteiger charge is -1.91. The van der Waals surface area contributed by atoms with Gasteiger partial charge >= 0.3 is 0 Å². The maximum atomic E-state index is 11.2. The van der Waals surface area contributed by atoms with E-state index >= 15 is 0 Å². The van der Waals surface area contributed by atoms with Crippen LogP contribution in [0.4, 0.5) is 0 Å².